The predicted octanol–water partition coefficient (Wildman–Crippen LogP) is 4.70. The summed E-state index contributed by atoms with van der Waals surface area (Å²) in [6.45, 7) is 6.70. The highest BCUT2D eigenvalue weighted by Crippen LogP contribution is 2.40. The van der Waals surface area contributed by atoms with Crippen LogP contribution in [-0.2, 0) is 14.3 Å². The van der Waals surface area contributed by atoms with Gasteiger partial charge in [-0.2, -0.15) is 0 Å². The Bertz CT molecular complexity index is 1050. The van der Waals surface area contributed by atoms with Gasteiger partial charge >= 0.3 is 0 Å². The molecule has 8 heteroatoms. The highest BCUT2D eigenvalue weighted by molar-refractivity contribution is 9.10. The minimum Gasteiger partial charge on any atom is -0.507 e. The third-order valence-electron chi connectivity index (χ3n) is 5.26. The molecule has 0 bridgehead atoms. The molecule has 0 aromatic heterocycles. The zero-order valence-corrected chi connectivity index (χ0v) is 20.7. The summed E-state index contributed by atoms with van der Waals surface area (Å²) in [5.74, 6) is -0.387. The Balaban J connectivity index is 2.08. The minimum atomic E-state index is -0.752. The Morgan fingerprint density at radius 1 is 1.15 bits per heavy atom. The van der Waals surface area contributed by atoms with Crippen LogP contribution < -0.4 is 9.47 Å². The molecule has 1 atom stereocenters. The summed E-state index contributed by atoms with van der Waals surface area (Å²) in [4.78, 5) is 27.5. The molecule has 0 saturated carbocycles. The Hall–Kier alpha value is -2.84. The maximum atomic E-state index is 13.1. The van der Waals surface area contributed by atoms with Gasteiger partial charge in [0.15, 0.2) is 0 Å². The van der Waals surface area contributed by atoms with Crippen molar-refractivity contribution >= 4 is 33.4 Å². The van der Waals surface area contributed by atoms with Gasteiger partial charge in [0.2, 0.25) is 0 Å². The number of ketones is 1. The van der Waals surface area contributed by atoms with Gasteiger partial charge in [0.1, 0.15) is 17.3 Å². The van der Waals surface area contributed by atoms with Crippen molar-refractivity contribution in [3.05, 3.63) is 63.6 Å². The van der Waals surface area contributed by atoms with Crippen molar-refractivity contribution in [2.45, 2.75) is 32.9 Å². The SMILES string of the molecule is CCOc1ccc(C2/C(=C(/O)c3ccc(OC)c(Br)c3)C(=O)C(=O)N2CCOC(C)C)cc1. The molecule has 1 amide bonds. The van der Waals surface area contributed by atoms with Crippen molar-refractivity contribution < 1.29 is 28.9 Å². The summed E-state index contributed by atoms with van der Waals surface area (Å²) < 4.78 is 17.0. The first-order chi connectivity index (χ1) is 15.8. The summed E-state index contributed by atoms with van der Waals surface area (Å²) in [5.41, 5.74) is 1.12. The molecule has 33 heavy (non-hydrogen) atoms. The fourth-order valence-electron chi connectivity index (χ4n) is 3.73. The van der Waals surface area contributed by atoms with Crippen LogP contribution in [0.15, 0.2) is 52.5 Å². The van der Waals surface area contributed by atoms with Gasteiger partial charge in [-0.25, -0.2) is 0 Å². The number of rotatable bonds is 9. The van der Waals surface area contributed by atoms with Gasteiger partial charge in [0, 0.05) is 12.1 Å². The van der Waals surface area contributed by atoms with Crippen molar-refractivity contribution in [2.24, 2.45) is 0 Å². The number of amides is 1. The first kappa shape index (κ1) is 24.8. The van der Waals surface area contributed by atoms with Gasteiger partial charge in [0.05, 0.1) is 42.5 Å². The molecule has 0 radical (unpaired) electrons. The number of carbonyl (C=O) groups excluding carboxylic acids is 2. The zero-order valence-electron chi connectivity index (χ0n) is 19.1. The van der Waals surface area contributed by atoms with Crippen LogP contribution in [0.5, 0.6) is 11.5 Å². The molecule has 1 aliphatic heterocycles. The fraction of sp³-hybridized carbons (Fsp3) is 0.360. The molecule has 1 saturated heterocycles. The lowest BCUT2D eigenvalue weighted by atomic mass is 9.95. The van der Waals surface area contributed by atoms with E-state index in [4.69, 9.17) is 14.2 Å². The maximum Gasteiger partial charge on any atom is 0.295 e. The first-order valence-corrected chi connectivity index (χ1v) is 11.5. The van der Waals surface area contributed by atoms with Crippen molar-refractivity contribution in [3.8, 4) is 11.5 Å². The lowest BCUT2D eigenvalue weighted by molar-refractivity contribution is -0.140. The van der Waals surface area contributed by atoms with E-state index < -0.39 is 17.7 Å². The molecule has 0 spiro atoms. The number of halogens is 1. The zero-order chi connectivity index (χ0) is 24.1. The number of Topliss-reactive ketones (excluding diaryl/α,β-unsaturated/α-hetero) is 1. The number of hydrogen-bond donors (Lipinski definition) is 1. The van der Waals surface area contributed by atoms with Crippen LogP contribution >= 0.6 is 15.9 Å². The van der Waals surface area contributed by atoms with E-state index >= 15 is 0 Å². The largest absolute Gasteiger partial charge is 0.507 e. The Morgan fingerprint density at radius 3 is 2.42 bits per heavy atom. The van der Waals surface area contributed by atoms with Crippen molar-refractivity contribution in [1.29, 1.82) is 0 Å². The molecule has 1 N–H and O–H groups in total. The third kappa shape index (κ3) is 5.39. The molecule has 1 unspecified atom stereocenters. The van der Waals surface area contributed by atoms with Gasteiger partial charge in [-0.15, -0.1) is 0 Å². The van der Waals surface area contributed by atoms with Crippen molar-refractivity contribution in [2.75, 3.05) is 26.9 Å². The van der Waals surface area contributed by atoms with Crippen LogP contribution in [0.2, 0.25) is 0 Å². The first-order valence-electron chi connectivity index (χ1n) is 10.7. The van der Waals surface area contributed by atoms with Gasteiger partial charge in [0.25, 0.3) is 11.7 Å². The highest BCUT2D eigenvalue weighted by atomic mass is 79.9. The third-order valence-corrected chi connectivity index (χ3v) is 5.88. The molecule has 1 aliphatic rings. The molecule has 7 nitrogen and oxygen atoms in total. The van der Waals surface area contributed by atoms with E-state index in [1.165, 1.54) is 12.0 Å². The molecular formula is C25H28BrNO6. The van der Waals surface area contributed by atoms with E-state index in [9.17, 15) is 14.7 Å². The molecule has 0 aliphatic carbocycles. The van der Waals surface area contributed by atoms with Gasteiger partial charge in [-0.3, -0.25) is 9.59 Å². The summed E-state index contributed by atoms with van der Waals surface area (Å²) in [5, 5.41) is 11.2. The van der Waals surface area contributed by atoms with Gasteiger partial charge in [-0.05, 0) is 72.6 Å². The smallest absolute Gasteiger partial charge is 0.295 e. The number of likely N-dealkylation sites (tertiary alicyclic amines) is 1. The molecule has 1 heterocycles. The fourth-order valence-corrected chi connectivity index (χ4v) is 4.27. The second kappa shape index (κ2) is 10.9. The standard InChI is InChI=1S/C25H28BrNO6/c1-5-32-18-9-6-16(7-10-18)22-21(23(28)17-8-11-20(31-4)19(26)14-17)24(29)25(30)27(22)12-13-33-15(2)3/h6-11,14-15,22,28H,5,12-13H2,1-4H3/b23-21-. The van der Waals surface area contributed by atoms with Crippen LogP contribution in [0.25, 0.3) is 5.76 Å². The number of methoxy groups -OCH3 is 1. The number of aliphatic hydroxyl groups is 1. The van der Waals surface area contributed by atoms with Crippen LogP contribution in [0.4, 0.5) is 0 Å². The van der Waals surface area contributed by atoms with Crippen LogP contribution in [-0.4, -0.2) is 54.7 Å². The molecular weight excluding hydrogens is 490 g/mol. The van der Waals surface area contributed by atoms with Crippen molar-refractivity contribution in [3.63, 3.8) is 0 Å². The van der Waals surface area contributed by atoms with Gasteiger partial charge < -0.3 is 24.2 Å². The Kier molecular flexibility index (Phi) is 8.15. The number of hydrogen-bond acceptors (Lipinski definition) is 6. The lowest BCUT2D eigenvalue weighted by Gasteiger charge is -2.26. The Morgan fingerprint density at radius 2 is 1.85 bits per heavy atom. The normalized spacial score (nSPS) is 17.6. The molecule has 1 fully saturated rings. The van der Waals surface area contributed by atoms with Crippen LogP contribution in [0.1, 0.15) is 37.9 Å². The molecule has 2 aromatic carbocycles. The highest BCUT2D eigenvalue weighted by Gasteiger charge is 2.46. The summed E-state index contributed by atoms with van der Waals surface area (Å²) >= 11 is 3.40. The van der Waals surface area contributed by atoms with E-state index in [2.05, 4.69) is 15.9 Å². The average molecular weight is 518 g/mol. The number of nitrogens with zero attached hydrogens (tertiary/aromatic N) is 1. The van der Waals surface area contributed by atoms with E-state index in [1.807, 2.05) is 20.8 Å². The van der Waals surface area contributed by atoms with E-state index in [-0.39, 0.29) is 30.6 Å². The number of carbonyl (C=O) groups is 2. The number of aliphatic hydroxyl groups excluding tert-OH is 1. The Labute approximate surface area is 202 Å². The van der Waals surface area contributed by atoms with Gasteiger partial charge in [-0.1, -0.05) is 12.1 Å². The lowest BCUT2D eigenvalue weighted by Crippen LogP contribution is -2.33. The monoisotopic (exact) mass is 517 g/mol. The number of benzene rings is 2. The average Bonchev–Trinajstić information content (AvgIpc) is 3.04. The molecule has 2 aromatic rings. The second-order valence-corrected chi connectivity index (χ2v) is 8.62. The second-order valence-electron chi connectivity index (χ2n) is 7.76. The summed E-state index contributed by atoms with van der Waals surface area (Å²) in [7, 11) is 1.54. The maximum absolute atomic E-state index is 13.1. The predicted molar refractivity (Wildman–Crippen MR) is 128 cm³/mol. The quantitative estimate of drug-likeness (QED) is 0.294. The van der Waals surface area contributed by atoms with E-state index in [0.29, 0.717) is 33.7 Å². The topological polar surface area (TPSA) is 85.3 Å². The number of ether oxygens (including phenoxy) is 3. The summed E-state index contributed by atoms with van der Waals surface area (Å²) in [6.07, 6.45) is -0.0117. The molecule has 176 valence electrons. The van der Waals surface area contributed by atoms with Crippen LogP contribution in [0.3, 0.4) is 0 Å². The van der Waals surface area contributed by atoms with Crippen LogP contribution in [0, 0.1) is 0 Å². The molecule has 3 rings (SSSR count). The van der Waals surface area contributed by atoms with Crippen molar-refractivity contribution in [1.82, 2.24) is 4.90 Å². The van der Waals surface area contributed by atoms with E-state index in [1.54, 1.807) is 42.5 Å². The minimum absolute atomic E-state index is 0.0117. The van der Waals surface area contributed by atoms with E-state index in [0.717, 1.165) is 0 Å². The summed E-state index contributed by atoms with van der Waals surface area (Å²) in [6, 6.07) is 11.4.